The van der Waals surface area contributed by atoms with Crippen LogP contribution in [0.1, 0.15) is 36.0 Å². The number of primary amides is 1. The van der Waals surface area contributed by atoms with Gasteiger partial charge in [-0.3, -0.25) is 9.59 Å². The summed E-state index contributed by atoms with van der Waals surface area (Å²) in [4.78, 5) is 22.0. The minimum Gasteiger partial charge on any atom is -0.493 e. The lowest BCUT2D eigenvalue weighted by Gasteiger charge is -2.41. The molecule has 3 N–H and O–H groups in total. The Bertz CT molecular complexity index is 536. The highest BCUT2D eigenvalue weighted by Crippen LogP contribution is 2.42. The second kappa shape index (κ2) is 5.40. The Kier molecular flexibility index (Phi) is 3.83. The van der Waals surface area contributed by atoms with E-state index in [2.05, 4.69) is 0 Å². The summed E-state index contributed by atoms with van der Waals surface area (Å²) in [6.07, 6.45) is 2.28. The first-order valence-corrected chi connectivity index (χ1v) is 6.34. The predicted molar refractivity (Wildman–Crippen MR) is 71.0 cm³/mol. The van der Waals surface area contributed by atoms with Crippen LogP contribution in [0, 0.1) is 0 Å². The van der Waals surface area contributed by atoms with Crippen LogP contribution in [0.15, 0.2) is 18.2 Å². The van der Waals surface area contributed by atoms with Crippen LogP contribution in [0.5, 0.6) is 11.5 Å². The van der Waals surface area contributed by atoms with Crippen LogP contribution in [-0.4, -0.2) is 29.7 Å². The summed E-state index contributed by atoms with van der Waals surface area (Å²) in [6.45, 7) is 0. The van der Waals surface area contributed by atoms with E-state index in [1.807, 2.05) is 0 Å². The fourth-order valence-electron chi connectivity index (χ4n) is 2.30. The van der Waals surface area contributed by atoms with E-state index in [0.29, 0.717) is 29.9 Å². The molecule has 0 bridgehead atoms. The normalized spacial score (nSPS) is 16.1. The molecule has 0 aromatic heterocycles. The summed E-state index contributed by atoms with van der Waals surface area (Å²) in [7, 11) is 1.46. The highest BCUT2D eigenvalue weighted by Gasteiger charge is 2.42. The Morgan fingerprint density at radius 2 is 2.05 bits per heavy atom. The minimum atomic E-state index is -0.891. The number of carboxylic acids is 1. The fourth-order valence-corrected chi connectivity index (χ4v) is 2.30. The quantitative estimate of drug-likeness (QED) is 0.823. The molecule has 2 rings (SSSR count). The number of methoxy groups -OCH3 is 1. The number of carbonyl (C=O) groups is 2. The topological polar surface area (TPSA) is 98.9 Å². The molecule has 0 spiro atoms. The standard InChI is InChI=1S/C14H17NO5/c1-19-11-7-9(13(15)18)3-4-10(11)20-14(5-2-6-14)8-12(16)17/h3-4,7H,2,5-6,8H2,1H3,(H2,15,18)(H,16,17). The molecule has 0 saturated heterocycles. The molecule has 20 heavy (non-hydrogen) atoms. The molecule has 1 amide bonds. The Hall–Kier alpha value is -2.24. The Morgan fingerprint density at radius 1 is 1.35 bits per heavy atom. The third-order valence-electron chi connectivity index (χ3n) is 3.51. The molecule has 108 valence electrons. The van der Waals surface area contributed by atoms with Crippen molar-refractivity contribution in [3.63, 3.8) is 0 Å². The average molecular weight is 279 g/mol. The molecule has 1 aromatic rings. The summed E-state index contributed by atoms with van der Waals surface area (Å²) >= 11 is 0. The van der Waals surface area contributed by atoms with E-state index in [1.54, 1.807) is 6.07 Å². The van der Waals surface area contributed by atoms with Gasteiger partial charge in [0.25, 0.3) is 0 Å². The molecular weight excluding hydrogens is 262 g/mol. The maximum atomic E-state index is 11.1. The molecule has 6 nitrogen and oxygen atoms in total. The summed E-state index contributed by atoms with van der Waals surface area (Å²) in [6, 6.07) is 4.61. The summed E-state index contributed by atoms with van der Waals surface area (Å²) in [5.41, 5.74) is 4.85. The monoisotopic (exact) mass is 279 g/mol. The van der Waals surface area contributed by atoms with Crippen molar-refractivity contribution in [2.24, 2.45) is 5.73 Å². The molecule has 1 fully saturated rings. The van der Waals surface area contributed by atoms with Gasteiger partial charge in [0, 0.05) is 5.56 Å². The highest BCUT2D eigenvalue weighted by atomic mass is 16.5. The van der Waals surface area contributed by atoms with Gasteiger partial charge in [-0.15, -0.1) is 0 Å². The van der Waals surface area contributed by atoms with Crippen LogP contribution in [0.2, 0.25) is 0 Å². The molecule has 0 unspecified atom stereocenters. The van der Waals surface area contributed by atoms with Gasteiger partial charge in [-0.2, -0.15) is 0 Å². The molecule has 0 aliphatic heterocycles. The van der Waals surface area contributed by atoms with Gasteiger partial charge in [-0.1, -0.05) is 0 Å². The first-order valence-electron chi connectivity index (χ1n) is 6.34. The Labute approximate surface area is 116 Å². The second-order valence-corrected chi connectivity index (χ2v) is 4.94. The van der Waals surface area contributed by atoms with E-state index in [9.17, 15) is 9.59 Å². The van der Waals surface area contributed by atoms with Crippen molar-refractivity contribution >= 4 is 11.9 Å². The number of aliphatic carboxylic acids is 1. The molecule has 6 heteroatoms. The summed E-state index contributed by atoms with van der Waals surface area (Å²) in [5, 5.41) is 8.96. The van der Waals surface area contributed by atoms with Gasteiger partial charge in [0.15, 0.2) is 11.5 Å². The smallest absolute Gasteiger partial charge is 0.307 e. The Balaban J connectivity index is 2.24. The number of benzene rings is 1. The van der Waals surface area contributed by atoms with Gasteiger partial charge in [-0.05, 0) is 37.5 Å². The van der Waals surface area contributed by atoms with Gasteiger partial charge >= 0.3 is 5.97 Å². The van der Waals surface area contributed by atoms with E-state index in [-0.39, 0.29) is 6.42 Å². The van der Waals surface area contributed by atoms with Crippen molar-refractivity contribution < 1.29 is 24.2 Å². The van der Waals surface area contributed by atoms with Crippen LogP contribution >= 0.6 is 0 Å². The van der Waals surface area contributed by atoms with Crippen LogP contribution < -0.4 is 15.2 Å². The van der Waals surface area contributed by atoms with Crippen molar-refractivity contribution in [2.75, 3.05) is 7.11 Å². The van der Waals surface area contributed by atoms with Crippen molar-refractivity contribution in [3.8, 4) is 11.5 Å². The zero-order valence-corrected chi connectivity index (χ0v) is 11.2. The second-order valence-electron chi connectivity index (χ2n) is 4.94. The average Bonchev–Trinajstić information content (AvgIpc) is 2.35. The number of carboxylic acid groups (broad SMARTS) is 1. The molecule has 1 aliphatic rings. The zero-order valence-electron chi connectivity index (χ0n) is 11.2. The summed E-state index contributed by atoms with van der Waals surface area (Å²) in [5.74, 6) is -0.646. The number of carbonyl (C=O) groups excluding carboxylic acids is 1. The highest BCUT2D eigenvalue weighted by molar-refractivity contribution is 5.93. The molecule has 1 saturated carbocycles. The maximum absolute atomic E-state index is 11.1. The van der Waals surface area contributed by atoms with Crippen LogP contribution in [0.3, 0.4) is 0 Å². The van der Waals surface area contributed by atoms with Gasteiger partial charge in [-0.25, -0.2) is 0 Å². The molecule has 0 atom stereocenters. The number of rotatable bonds is 6. The fraction of sp³-hybridized carbons (Fsp3) is 0.429. The Morgan fingerprint density at radius 3 is 2.50 bits per heavy atom. The zero-order chi connectivity index (χ0) is 14.8. The molecule has 0 radical (unpaired) electrons. The van der Waals surface area contributed by atoms with E-state index in [0.717, 1.165) is 6.42 Å². The van der Waals surface area contributed by atoms with E-state index >= 15 is 0 Å². The lowest BCUT2D eigenvalue weighted by atomic mass is 9.77. The number of amides is 1. The van der Waals surface area contributed by atoms with Crippen molar-refractivity contribution in [3.05, 3.63) is 23.8 Å². The van der Waals surface area contributed by atoms with E-state index in [4.69, 9.17) is 20.3 Å². The largest absolute Gasteiger partial charge is 0.493 e. The molecule has 1 aliphatic carbocycles. The minimum absolute atomic E-state index is 0.0479. The number of hydrogen-bond donors (Lipinski definition) is 2. The van der Waals surface area contributed by atoms with Crippen LogP contribution in [-0.2, 0) is 4.79 Å². The first-order chi connectivity index (χ1) is 9.46. The van der Waals surface area contributed by atoms with Crippen molar-refractivity contribution in [1.82, 2.24) is 0 Å². The van der Waals surface area contributed by atoms with Gasteiger partial charge in [0.05, 0.1) is 13.5 Å². The maximum Gasteiger partial charge on any atom is 0.307 e. The van der Waals surface area contributed by atoms with Gasteiger partial charge in [0.2, 0.25) is 5.91 Å². The first kappa shape index (κ1) is 14.2. The van der Waals surface area contributed by atoms with Crippen molar-refractivity contribution in [1.29, 1.82) is 0 Å². The van der Waals surface area contributed by atoms with Crippen LogP contribution in [0.4, 0.5) is 0 Å². The number of ether oxygens (including phenoxy) is 2. The lowest BCUT2D eigenvalue weighted by Crippen LogP contribution is -2.45. The number of nitrogens with two attached hydrogens (primary N) is 1. The SMILES string of the molecule is COc1cc(C(N)=O)ccc1OC1(CC(=O)O)CCC1. The summed E-state index contributed by atoms with van der Waals surface area (Å²) < 4.78 is 11.0. The van der Waals surface area contributed by atoms with E-state index in [1.165, 1.54) is 19.2 Å². The van der Waals surface area contributed by atoms with E-state index < -0.39 is 17.5 Å². The van der Waals surface area contributed by atoms with Gasteiger partial charge in [0.1, 0.15) is 5.60 Å². The third-order valence-corrected chi connectivity index (χ3v) is 3.51. The molecule has 0 heterocycles. The molecule has 1 aromatic carbocycles. The van der Waals surface area contributed by atoms with Crippen molar-refractivity contribution in [2.45, 2.75) is 31.3 Å². The lowest BCUT2D eigenvalue weighted by molar-refractivity contribution is -0.144. The number of hydrogen-bond acceptors (Lipinski definition) is 4. The third kappa shape index (κ3) is 2.84. The molecular formula is C14H17NO5. The predicted octanol–water partition coefficient (Wildman–Crippen LogP) is 1.57. The van der Waals surface area contributed by atoms with Crippen LogP contribution in [0.25, 0.3) is 0 Å². The van der Waals surface area contributed by atoms with Gasteiger partial charge < -0.3 is 20.3 Å².